The van der Waals surface area contributed by atoms with Crippen LogP contribution in [0.2, 0.25) is 0 Å². The number of carbonyl (C=O) groups excluding carboxylic acids is 1. The third kappa shape index (κ3) is 5.90. The second-order valence-corrected chi connectivity index (χ2v) is 6.80. The van der Waals surface area contributed by atoms with Gasteiger partial charge in [0.1, 0.15) is 5.82 Å². The monoisotopic (exact) mass is 361 g/mol. The van der Waals surface area contributed by atoms with Gasteiger partial charge in [-0.3, -0.25) is 9.59 Å². The molecule has 2 aromatic rings. The van der Waals surface area contributed by atoms with E-state index in [0.717, 1.165) is 10.5 Å². The van der Waals surface area contributed by atoms with Gasteiger partial charge in [-0.2, -0.15) is 0 Å². The van der Waals surface area contributed by atoms with Crippen LogP contribution in [0.15, 0.2) is 59.5 Å². The first-order chi connectivity index (χ1) is 12.0. The Bertz CT molecular complexity index is 706. The highest BCUT2D eigenvalue weighted by Gasteiger charge is 2.26. The molecule has 0 aliphatic rings. The molecule has 0 bridgehead atoms. The summed E-state index contributed by atoms with van der Waals surface area (Å²) >= 11 is 1.45. The molecular weight excluding hydrogens is 341 g/mol. The Morgan fingerprint density at radius 1 is 1.12 bits per heavy atom. The van der Waals surface area contributed by atoms with E-state index in [0.29, 0.717) is 5.75 Å². The Balaban J connectivity index is 1.92. The molecule has 0 aliphatic heterocycles. The fraction of sp³-hybridized carbons (Fsp3) is 0.263. The molecule has 0 fully saturated rings. The van der Waals surface area contributed by atoms with Gasteiger partial charge < -0.3 is 10.4 Å². The van der Waals surface area contributed by atoms with Gasteiger partial charge in [0.25, 0.3) is 0 Å². The van der Waals surface area contributed by atoms with Crippen LogP contribution in [0.3, 0.4) is 0 Å². The number of hydrogen-bond acceptors (Lipinski definition) is 3. The van der Waals surface area contributed by atoms with Gasteiger partial charge in [-0.25, -0.2) is 4.39 Å². The second-order valence-electron chi connectivity index (χ2n) is 5.64. The van der Waals surface area contributed by atoms with E-state index in [2.05, 4.69) is 5.32 Å². The number of carbonyl (C=O) groups is 2. The fourth-order valence-electron chi connectivity index (χ4n) is 2.34. The molecule has 2 N–H and O–H groups in total. The summed E-state index contributed by atoms with van der Waals surface area (Å²) in [6.07, 6.45) is 0.248. The molecule has 0 spiro atoms. The van der Waals surface area contributed by atoms with Crippen molar-refractivity contribution in [3.63, 3.8) is 0 Å². The number of carboxylic acids is 1. The molecule has 2 rings (SSSR count). The van der Waals surface area contributed by atoms with E-state index in [1.54, 1.807) is 31.2 Å². The molecule has 0 aliphatic carbocycles. The first-order valence-corrected chi connectivity index (χ1v) is 8.91. The Hall–Kier alpha value is -2.34. The van der Waals surface area contributed by atoms with Crippen molar-refractivity contribution in [2.75, 3.05) is 5.75 Å². The molecule has 25 heavy (non-hydrogen) atoms. The van der Waals surface area contributed by atoms with Gasteiger partial charge in [-0.1, -0.05) is 30.3 Å². The quantitative estimate of drug-likeness (QED) is 0.700. The van der Waals surface area contributed by atoms with Crippen LogP contribution in [0.1, 0.15) is 24.9 Å². The summed E-state index contributed by atoms with van der Waals surface area (Å²) in [6, 6.07) is 14.6. The normalized spacial score (nSPS) is 13.0. The molecule has 0 saturated heterocycles. The van der Waals surface area contributed by atoms with E-state index in [4.69, 9.17) is 0 Å². The van der Waals surface area contributed by atoms with Gasteiger partial charge in [-0.15, -0.1) is 11.8 Å². The van der Waals surface area contributed by atoms with Crippen LogP contribution < -0.4 is 5.32 Å². The Kier molecular flexibility index (Phi) is 7.01. The maximum atomic E-state index is 12.9. The summed E-state index contributed by atoms with van der Waals surface area (Å²) in [5.74, 6) is -1.68. The highest BCUT2D eigenvalue weighted by Crippen LogP contribution is 2.23. The fourth-order valence-corrected chi connectivity index (χ4v) is 3.19. The van der Waals surface area contributed by atoms with Crippen molar-refractivity contribution >= 4 is 23.6 Å². The molecule has 0 heterocycles. The Morgan fingerprint density at radius 2 is 1.76 bits per heavy atom. The number of benzene rings is 2. The number of aliphatic carboxylic acids is 1. The Morgan fingerprint density at radius 3 is 2.36 bits per heavy atom. The van der Waals surface area contributed by atoms with Gasteiger partial charge in [-0.05, 0) is 36.8 Å². The zero-order valence-electron chi connectivity index (χ0n) is 13.8. The molecule has 0 aromatic heterocycles. The van der Waals surface area contributed by atoms with Crippen molar-refractivity contribution in [3.05, 3.63) is 66.0 Å². The number of halogens is 1. The van der Waals surface area contributed by atoms with Crippen LogP contribution in [-0.4, -0.2) is 22.7 Å². The molecule has 2 aromatic carbocycles. The second kappa shape index (κ2) is 9.22. The number of hydrogen-bond donors (Lipinski definition) is 2. The number of rotatable bonds is 8. The number of carboxylic acid groups (broad SMARTS) is 1. The molecule has 2 atom stereocenters. The summed E-state index contributed by atoms with van der Waals surface area (Å²) in [4.78, 5) is 24.4. The van der Waals surface area contributed by atoms with Crippen molar-refractivity contribution in [1.82, 2.24) is 5.32 Å². The van der Waals surface area contributed by atoms with E-state index in [9.17, 15) is 19.1 Å². The van der Waals surface area contributed by atoms with E-state index < -0.39 is 17.9 Å². The Labute approximate surface area is 150 Å². The highest BCUT2D eigenvalue weighted by molar-refractivity contribution is 7.99. The average molecular weight is 361 g/mol. The van der Waals surface area contributed by atoms with E-state index >= 15 is 0 Å². The van der Waals surface area contributed by atoms with Crippen LogP contribution in [-0.2, 0) is 9.59 Å². The number of nitrogens with one attached hydrogen (secondary N) is 1. The van der Waals surface area contributed by atoms with Crippen LogP contribution in [0.5, 0.6) is 0 Å². The maximum Gasteiger partial charge on any atom is 0.308 e. The smallest absolute Gasteiger partial charge is 0.308 e. The summed E-state index contributed by atoms with van der Waals surface area (Å²) in [7, 11) is 0. The lowest BCUT2D eigenvalue weighted by Crippen LogP contribution is -2.35. The molecule has 2 unspecified atom stereocenters. The van der Waals surface area contributed by atoms with Crippen molar-refractivity contribution in [2.45, 2.75) is 24.3 Å². The lowest BCUT2D eigenvalue weighted by Gasteiger charge is -2.23. The molecule has 6 heteroatoms. The summed E-state index contributed by atoms with van der Waals surface area (Å²) in [5, 5.41) is 12.1. The highest BCUT2D eigenvalue weighted by atomic mass is 32.2. The molecule has 4 nitrogen and oxygen atoms in total. The maximum absolute atomic E-state index is 12.9. The standard InChI is InChI=1S/C19H20FNO3S/c1-13(19(23)24)18(14-5-3-2-4-6-14)21-17(22)11-12-25-16-9-7-15(20)8-10-16/h2-10,13,18H,11-12H2,1H3,(H,21,22)(H,23,24). The van der Waals surface area contributed by atoms with Gasteiger partial charge in [0, 0.05) is 17.1 Å². The first-order valence-electron chi connectivity index (χ1n) is 7.93. The summed E-state index contributed by atoms with van der Waals surface area (Å²) < 4.78 is 12.9. The molecular formula is C19H20FNO3S. The van der Waals surface area contributed by atoms with Crippen LogP contribution in [0.4, 0.5) is 4.39 Å². The third-order valence-corrected chi connectivity index (χ3v) is 4.79. The molecule has 0 saturated carbocycles. The SMILES string of the molecule is CC(C(=O)O)C(NC(=O)CCSc1ccc(F)cc1)c1ccccc1. The molecule has 132 valence electrons. The van der Waals surface area contributed by atoms with Gasteiger partial charge in [0.15, 0.2) is 0 Å². The van der Waals surface area contributed by atoms with Gasteiger partial charge in [0.05, 0.1) is 12.0 Å². The largest absolute Gasteiger partial charge is 0.481 e. The minimum Gasteiger partial charge on any atom is -0.481 e. The lowest BCUT2D eigenvalue weighted by molar-refractivity contribution is -0.142. The average Bonchev–Trinajstić information content (AvgIpc) is 2.61. The van der Waals surface area contributed by atoms with Gasteiger partial charge >= 0.3 is 5.97 Å². The zero-order valence-corrected chi connectivity index (χ0v) is 14.6. The van der Waals surface area contributed by atoms with Crippen molar-refractivity contribution in [3.8, 4) is 0 Å². The predicted molar refractivity (Wildman–Crippen MR) is 95.9 cm³/mol. The van der Waals surface area contributed by atoms with Crippen LogP contribution >= 0.6 is 11.8 Å². The summed E-state index contributed by atoms with van der Waals surface area (Å²) in [5.41, 5.74) is 0.761. The third-order valence-electron chi connectivity index (χ3n) is 3.78. The number of amides is 1. The molecule has 1 amide bonds. The van der Waals surface area contributed by atoms with Crippen LogP contribution in [0, 0.1) is 11.7 Å². The topological polar surface area (TPSA) is 66.4 Å². The predicted octanol–water partition coefficient (Wildman–Crippen LogP) is 3.89. The zero-order chi connectivity index (χ0) is 18.2. The molecule has 0 radical (unpaired) electrons. The van der Waals surface area contributed by atoms with Crippen molar-refractivity contribution < 1.29 is 19.1 Å². The minimum atomic E-state index is -0.963. The van der Waals surface area contributed by atoms with E-state index in [1.165, 1.54) is 23.9 Å². The minimum absolute atomic E-state index is 0.212. The van der Waals surface area contributed by atoms with E-state index in [1.807, 2.05) is 18.2 Å². The van der Waals surface area contributed by atoms with Gasteiger partial charge in [0.2, 0.25) is 5.91 Å². The summed E-state index contributed by atoms with van der Waals surface area (Å²) in [6.45, 7) is 1.58. The van der Waals surface area contributed by atoms with E-state index in [-0.39, 0.29) is 18.1 Å². The van der Waals surface area contributed by atoms with Crippen molar-refractivity contribution in [1.29, 1.82) is 0 Å². The van der Waals surface area contributed by atoms with Crippen LogP contribution in [0.25, 0.3) is 0 Å². The van der Waals surface area contributed by atoms with Crippen molar-refractivity contribution in [2.24, 2.45) is 5.92 Å². The first kappa shape index (κ1) is 19.0. The lowest BCUT2D eigenvalue weighted by atomic mass is 9.94. The number of thioether (sulfide) groups is 1.